The van der Waals surface area contributed by atoms with Crippen LogP contribution < -0.4 is 10.1 Å². The van der Waals surface area contributed by atoms with Crippen LogP contribution >= 0.6 is 0 Å². The highest BCUT2D eigenvalue weighted by atomic mass is 32.2. The molecule has 0 bridgehead atoms. The van der Waals surface area contributed by atoms with Crippen LogP contribution in [0.5, 0.6) is 5.75 Å². The molecule has 114 valence electrons. The van der Waals surface area contributed by atoms with Gasteiger partial charge >= 0.3 is 0 Å². The molecule has 0 heterocycles. The first-order valence-corrected chi connectivity index (χ1v) is 8.86. The lowest BCUT2D eigenvalue weighted by Gasteiger charge is -2.20. The van der Waals surface area contributed by atoms with Crippen LogP contribution in [0, 0.1) is 0 Å². The Morgan fingerprint density at radius 3 is 2.55 bits per heavy atom. The van der Waals surface area contributed by atoms with Crippen LogP contribution in [0.25, 0.3) is 0 Å². The largest absolute Gasteiger partial charge is 0.494 e. The average Bonchev–Trinajstić information content (AvgIpc) is 2.31. The van der Waals surface area contributed by atoms with Crippen molar-refractivity contribution in [3.05, 3.63) is 29.8 Å². The lowest BCUT2D eigenvalue weighted by Crippen LogP contribution is -2.35. The first-order valence-electron chi connectivity index (χ1n) is 6.80. The van der Waals surface area contributed by atoms with E-state index in [1.165, 1.54) is 6.26 Å². The number of benzene rings is 1. The standard InChI is InChI=1S/C15H25NO3S/c1-15(2,3)16-12-13-7-5-8-14(11-13)19-9-6-10-20(4,17)18/h5,7-8,11,16H,6,9-10,12H2,1-4H3. The molecule has 1 N–H and O–H groups in total. The molecule has 0 aliphatic carbocycles. The van der Waals surface area contributed by atoms with Gasteiger partial charge in [-0.2, -0.15) is 0 Å². The van der Waals surface area contributed by atoms with Gasteiger partial charge in [-0.3, -0.25) is 0 Å². The minimum atomic E-state index is -2.90. The Bertz CT molecular complexity index is 518. The van der Waals surface area contributed by atoms with Crippen molar-refractivity contribution in [3.63, 3.8) is 0 Å². The van der Waals surface area contributed by atoms with Crippen LogP contribution in [0.2, 0.25) is 0 Å². The zero-order valence-electron chi connectivity index (χ0n) is 12.8. The van der Waals surface area contributed by atoms with E-state index in [0.717, 1.165) is 17.9 Å². The van der Waals surface area contributed by atoms with Gasteiger partial charge in [0.05, 0.1) is 12.4 Å². The van der Waals surface area contributed by atoms with Gasteiger partial charge in [0, 0.05) is 18.3 Å². The Morgan fingerprint density at radius 1 is 1.25 bits per heavy atom. The van der Waals surface area contributed by atoms with Crippen LogP contribution in [0.3, 0.4) is 0 Å². The van der Waals surface area contributed by atoms with Crippen molar-refractivity contribution >= 4 is 9.84 Å². The minimum Gasteiger partial charge on any atom is -0.494 e. The molecule has 0 amide bonds. The molecule has 20 heavy (non-hydrogen) atoms. The summed E-state index contributed by atoms with van der Waals surface area (Å²) in [4.78, 5) is 0. The molecule has 0 aliphatic heterocycles. The first-order chi connectivity index (χ1) is 9.16. The fourth-order valence-corrected chi connectivity index (χ4v) is 2.27. The summed E-state index contributed by atoms with van der Waals surface area (Å²) < 4.78 is 27.6. The Balaban J connectivity index is 2.44. The maximum Gasteiger partial charge on any atom is 0.147 e. The molecule has 0 radical (unpaired) electrons. The quantitative estimate of drug-likeness (QED) is 0.786. The molecule has 0 aromatic heterocycles. The van der Waals surface area contributed by atoms with Gasteiger partial charge in [-0.25, -0.2) is 8.42 Å². The summed E-state index contributed by atoms with van der Waals surface area (Å²) in [5, 5.41) is 3.42. The lowest BCUT2D eigenvalue weighted by atomic mass is 10.1. The van der Waals surface area contributed by atoms with Gasteiger partial charge in [-0.15, -0.1) is 0 Å². The maximum absolute atomic E-state index is 11.0. The third-order valence-corrected chi connectivity index (χ3v) is 3.68. The number of hydrogen-bond acceptors (Lipinski definition) is 4. The van der Waals surface area contributed by atoms with E-state index < -0.39 is 9.84 Å². The van der Waals surface area contributed by atoms with Crippen molar-refractivity contribution in [2.24, 2.45) is 0 Å². The number of rotatable bonds is 7. The molecule has 0 atom stereocenters. The Labute approximate surface area is 122 Å². The van der Waals surface area contributed by atoms with Gasteiger partial charge in [0.2, 0.25) is 0 Å². The third-order valence-electron chi connectivity index (χ3n) is 2.65. The molecule has 0 saturated heterocycles. The molecule has 1 aromatic carbocycles. The SMILES string of the molecule is CC(C)(C)NCc1cccc(OCCCS(C)(=O)=O)c1. The molecule has 1 rings (SSSR count). The van der Waals surface area contributed by atoms with Crippen LogP contribution in [-0.2, 0) is 16.4 Å². The zero-order chi connectivity index (χ0) is 15.2. The number of ether oxygens (including phenoxy) is 1. The van der Waals surface area contributed by atoms with Crippen LogP contribution in [0.15, 0.2) is 24.3 Å². The van der Waals surface area contributed by atoms with E-state index in [1.807, 2.05) is 24.3 Å². The molecule has 0 saturated carbocycles. The van der Waals surface area contributed by atoms with E-state index in [0.29, 0.717) is 13.0 Å². The Kier molecular flexibility index (Phi) is 6.02. The van der Waals surface area contributed by atoms with E-state index in [2.05, 4.69) is 26.1 Å². The summed E-state index contributed by atoms with van der Waals surface area (Å²) >= 11 is 0. The monoisotopic (exact) mass is 299 g/mol. The molecular weight excluding hydrogens is 274 g/mol. The van der Waals surface area contributed by atoms with Crippen molar-refractivity contribution in [2.45, 2.75) is 39.3 Å². The maximum atomic E-state index is 11.0. The highest BCUT2D eigenvalue weighted by Crippen LogP contribution is 2.14. The van der Waals surface area contributed by atoms with E-state index in [9.17, 15) is 8.42 Å². The predicted octanol–water partition coefficient (Wildman–Crippen LogP) is 2.39. The zero-order valence-corrected chi connectivity index (χ0v) is 13.6. The normalized spacial score (nSPS) is 12.4. The van der Waals surface area contributed by atoms with E-state index in [4.69, 9.17) is 4.74 Å². The minimum absolute atomic E-state index is 0.0757. The second-order valence-electron chi connectivity index (χ2n) is 6.08. The molecule has 5 heteroatoms. The summed E-state index contributed by atoms with van der Waals surface area (Å²) in [6.45, 7) is 7.57. The second-order valence-corrected chi connectivity index (χ2v) is 8.34. The smallest absolute Gasteiger partial charge is 0.147 e. The summed E-state index contributed by atoms with van der Waals surface area (Å²) in [7, 11) is -2.90. The number of hydrogen-bond donors (Lipinski definition) is 1. The van der Waals surface area contributed by atoms with E-state index in [1.54, 1.807) is 0 Å². The van der Waals surface area contributed by atoms with Crippen molar-refractivity contribution in [1.82, 2.24) is 5.32 Å². The summed E-state index contributed by atoms with van der Waals surface area (Å²) in [5.41, 5.74) is 1.23. The Morgan fingerprint density at radius 2 is 1.95 bits per heavy atom. The van der Waals surface area contributed by atoms with Gasteiger partial charge in [0.25, 0.3) is 0 Å². The molecule has 1 aromatic rings. The van der Waals surface area contributed by atoms with Crippen molar-refractivity contribution in [3.8, 4) is 5.75 Å². The molecule has 0 unspecified atom stereocenters. The van der Waals surface area contributed by atoms with Crippen LogP contribution in [-0.4, -0.2) is 32.6 Å². The Hall–Kier alpha value is -1.07. The highest BCUT2D eigenvalue weighted by molar-refractivity contribution is 7.90. The van der Waals surface area contributed by atoms with E-state index >= 15 is 0 Å². The van der Waals surface area contributed by atoms with Gasteiger partial charge in [-0.1, -0.05) is 12.1 Å². The molecular formula is C15H25NO3S. The second kappa shape index (κ2) is 7.09. The van der Waals surface area contributed by atoms with Gasteiger partial charge in [-0.05, 0) is 44.9 Å². The fourth-order valence-electron chi connectivity index (χ4n) is 1.62. The predicted molar refractivity (Wildman–Crippen MR) is 82.9 cm³/mol. The fraction of sp³-hybridized carbons (Fsp3) is 0.600. The summed E-state index contributed by atoms with van der Waals surface area (Å²) in [5.74, 6) is 0.949. The van der Waals surface area contributed by atoms with E-state index in [-0.39, 0.29) is 11.3 Å². The lowest BCUT2D eigenvalue weighted by molar-refractivity contribution is 0.317. The van der Waals surface area contributed by atoms with Crippen LogP contribution in [0.1, 0.15) is 32.8 Å². The van der Waals surface area contributed by atoms with Crippen LogP contribution in [0.4, 0.5) is 0 Å². The van der Waals surface area contributed by atoms with Gasteiger partial charge in [0.1, 0.15) is 15.6 Å². The molecule has 4 nitrogen and oxygen atoms in total. The summed E-state index contributed by atoms with van der Waals surface area (Å²) in [6.07, 6.45) is 1.76. The number of sulfone groups is 1. The van der Waals surface area contributed by atoms with Crippen molar-refractivity contribution < 1.29 is 13.2 Å². The molecule has 0 spiro atoms. The summed E-state index contributed by atoms with van der Waals surface area (Å²) in [6, 6.07) is 7.87. The highest BCUT2D eigenvalue weighted by Gasteiger charge is 2.08. The topological polar surface area (TPSA) is 55.4 Å². The van der Waals surface area contributed by atoms with Gasteiger partial charge in [0.15, 0.2) is 0 Å². The average molecular weight is 299 g/mol. The molecule has 0 aliphatic rings. The third kappa shape index (κ3) is 8.17. The van der Waals surface area contributed by atoms with Crippen molar-refractivity contribution in [1.29, 1.82) is 0 Å². The van der Waals surface area contributed by atoms with Gasteiger partial charge < -0.3 is 10.1 Å². The first kappa shape index (κ1) is 17.0. The van der Waals surface area contributed by atoms with Crippen molar-refractivity contribution in [2.75, 3.05) is 18.6 Å². The number of nitrogens with one attached hydrogen (secondary N) is 1. The molecule has 0 fully saturated rings.